The van der Waals surface area contributed by atoms with Crippen molar-refractivity contribution >= 4 is 39.3 Å². The van der Waals surface area contributed by atoms with Gasteiger partial charge < -0.3 is 9.47 Å². The van der Waals surface area contributed by atoms with Gasteiger partial charge in [-0.15, -0.1) is 0 Å². The number of fused-ring (bicyclic) bond motifs is 2. The van der Waals surface area contributed by atoms with E-state index in [1.165, 1.54) is 0 Å². The number of carbonyl (C=O) groups is 1. The number of hydrogen-bond acceptors (Lipinski definition) is 3. The summed E-state index contributed by atoms with van der Waals surface area (Å²) in [5.41, 5.74) is 0. The van der Waals surface area contributed by atoms with Crippen LogP contribution in [0.4, 0.5) is 4.79 Å². The van der Waals surface area contributed by atoms with E-state index in [0.717, 1.165) is 28.0 Å². The molecule has 0 saturated heterocycles. The Morgan fingerprint density at radius 1 is 1.05 bits per heavy atom. The van der Waals surface area contributed by atoms with Crippen molar-refractivity contribution in [3.05, 3.63) is 53.6 Å². The predicted octanol–water partition coefficient (Wildman–Crippen LogP) is 5.57. The summed E-state index contributed by atoms with van der Waals surface area (Å²) in [6.07, 6.45) is 0.0523. The van der Waals surface area contributed by atoms with Crippen LogP contribution in [0.1, 0.15) is 13.3 Å². The van der Waals surface area contributed by atoms with Crippen LogP contribution >= 0.6 is 11.6 Å². The first-order valence-corrected chi connectivity index (χ1v) is 7.53. The monoisotopic (exact) mass is 314 g/mol. The van der Waals surface area contributed by atoms with Gasteiger partial charge in [-0.2, -0.15) is 0 Å². The minimum absolute atomic E-state index is 0.336. The number of benzene rings is 3. The Hall–Kier alpha value is -2.26. The van der Waals surface area contributed by atoms with Gasteiger partial charge in [0.1, 0.15) is 5.75 Å². The third-order valence-corrected chi connectivity index (χ3v) is 3.74. The van der Waals surface area contributed by atoms with Crippen LogP contribution in [0.15, 0.2) is 48.5 Å². The van der Waals surface area contributed by atoms with E-state index in [0.29, 0.717) is 17.4 Å². The molecule has 0 bridgehead atoms. The van der Waals surface area contributed by atoms with Crippen molar-refractivity contribution in [2.75, 3.05) is 6.61 Å². The van der Waals surface area contributed by atoms with Crippen molar-refractivity contribution < 1.29 is 14.3 Å². The minimum atomic E-state index is -0.695. The first-order valence-electron chi connectivity index (χ1n) is 7.15. The quantitative estimate of drug-likeness (QED) is 0.360. The maximum absolute atomic E-state index is 11.9. The van der Waals surface area contributed by atoms with Crippen molar-refractivity contribution in [3.8, 4) is 5.75 Å². The van der Waals surface area contributed by atoms with Gasteiger partial charge in [0.05, 0.1) is 6.61 Å². The normalized spacial score (nSPS) is 10.8. The second-order valence-corrected chi connectivity index (χ2v) is 5.37. The fraction of sp³-hybridized carbons (Fsp3) is 0.167. The molecule has 0 amide bonds. The number of ether oxygens (including phenoxy) is 2. The predicted molar refractivity (Wildman–Crippen MR) is 88.7 cm³/mol. The summed E-state index contributed by atoms with van der Waals surface area (Å²) >= 11 is 6.28. The molecule has 3 aromatic rings. The SMILES string of the molecule is CCCOC(=O)Oc1c2ccccc2cc2c(Cl)cccc12. The molecule has 3 aromatic carbocycles. The average Bonchev–Trinajstić information content (AvgIpc) is 2.53. The number of carbonyl (C=O) groups excluding carboxylic acids is 1. The van der Waals surface area contributed by atoms with E-state index in [1.807, 2.05) is 55.5 Å². The highest BCUT2D eigenvalue weighted by Gasteiger charge is 2.14. The highest BCUT2D eigenvalue weighted by Crippen LogP contribution is 2.37. The van der Waals surface area contributed by atoms with Gasteiger partial charge in [-0.25, -0.2) is 4.79 Å². The standard InChI is InChI=1S/C18H15ClO3/c1-2-10-21-18(20)22-17-13-7-4-3-6-12(13)11-15-14(17)8-5-9-16(15)19/h3-9,11H,2,10H2,1H3. The molecule has 0 saturated carbocycles. The van der Waals surface area contributed by atoms with Crippen LogP contribution < -0.4 is 4.74 Å². The molecule has 0 aliphatic rings. The third-order valence-electron chi connectivity index (χ3n) is 3.41. The fourth-order valence-electron chi connectivity index (χ4n) is 2.42. The summed E-state index contributed by atoms with van der Waals surface area (Å²) in [4.78, 5) is 11.9. The Morgan fingerprint density at radius 3 is 2.64 bits per heavy atom. The molecule has 3 nitrogen and oxygen atoms in total. The highest BCUT2D eigenvalue weighted by molar-refractivity contribution is 6.36. The van der Waals surface area contributed by atoms with Crippen LogP contribution in [-0.2, 0) is 4.74 Å². The molecule has 0 aliphatic heterocycles. The van der Waals surface area contributed by atoms with Crippen LogP contribution in [0.3, 0.4) is 0 Å². The molecule has 0 atom stereocenters. The van der Waals surface area contributed by atoms with E-state index >= 15 is 0 Å². The lowest BCUT2D eigenvalue weighted by Gasteiger charge is -2.12. The maximum atomic E-state index is 11.9. The summed E-state index contributed by atoms with van der Waals surface area (Å²) in [7, 11) is 0. The Bertz CT molecular complexity index is 842. The van der Waals surface area contributed by atoms with E-state index in [2.05, 4.69) is 0 Å². The molecule has 0 heterocycles. The van der Waals surface area contributed by atoms with Gasteiger partial charge in [-0.1, -0.05) is 54.9 Å². The van der Waals surface area contributed by atoms with Crippen molar-refractivity contribution in [1.82, 2.24) is 0 Å². The van der Waals surface area contributed by atoms with Gasteiger partial charge in [0.25, 0.3) is 0 Å². The average molecular weight is 315 g/mol. The minimum Gasteiger partial charge on any atom is -0.434 e. The van der Waals surface area contributed by atoms with Crippen molar-refractivity contribution in [2.45, 2.75) is 13.3 Å². The Balaban J connectivity index is 2.19. The molecule has 0 radical (unpaired) electrons. The number of hydrogen-bond donors (Lipinski definition) is 0. The smallest absolute Gasteiger partial charge is 0.434 e. The molecular formula is C18H15ClO3. The van der Waals surface area contributed by atoms with Gasteiger partial charge >= 0.3 is 6.16 Å². The second kappa shape index (κ2) is 6.24. The van der Waals surface area contributed by atoms with Crippen LogP contribution in [0.2, 0.25) is 5.02 Å². The summed E-state index contributed by atoms with van der Waals surface area (Å²) in [5.74, 6) is 0.483. The molecule has 0 N–H and O–H groups in total. The third kappa shape index (κ3) is 2.72. The lowest BCUT2D eigenvalue weighted by molar-refractivity contribution is 0.100. The van der Waals surface area contributed by atoms with Gasteiger partial charge in [0.15, 0.2) is 0 Å². The molecular weight excluding hydrogens is 300 g/mol. The molecule has 0 aliphatic carbocycles. The van der Waals surface area contributed by atoms with E-state index in [9.17, 15) is 4.79 Å². The van der Waals surface area contributed by atoms with Gasteiger partial charge in [0, 0.05) is 21.2 Å². The Kier molecular flexibility index (Phi) is 4.16. The molecule has 0 aromatic heterocycles. The van der Waals surface area contributed by atoms with Crippen molar-refractivity contribution in [3.63, 3.8) is 0 Å². The summed E-state index contributed by atoms with van der Waals surface area (Å²) in [6.45, 7) is 2.27. The van der Waals surface area contributed by atoms with Crippen LogP contribution in [0, 0.1) is 0 Å². The van der Waals surface area contributed by atoms with Gasteiger partial charge in [0.2, 0.25) is 0 Å². The molecule has 0 spiro atoms. The zero-order valence-electron chi connectivity index (χ0n) is 12.1. The van der Waals surface area contributed by atoms with Gasteiger partial charge in [-0.3, -0.25) is 0 Å². The molecule has 112 valence electrons. The van der Waals surface area contributed by atoms with Gasteiger partial charge in [-0.05, 0) is 23.9 Å². The van der Waals surface area contributed by atoms with E-state index < -0.39 is 6.16 Å². The van der Waals surface area contributed by atoms with Crippen LogP contribution in [0.25, 0.3) is 21.5 Å². The number of rotatable bonds is 3. The maximum Gasteiger partial charge on any atom is 0.513 e. The van der Waals surface area contributed by atoms with E-state index in [-0.39, 0.29) is 0 Å². The summed E-state index contributed by atoms with van der Waals surface area (Å²) in [5, 5.41) is 4.07. The molecule has 0 unspecified atom stereocenters. The summed E-state index contributed by atoms with van der Waals surface area (Å²) < 4.78 is 10.5. The zero-order valence-corrected chi connectivity index (χ0v) is 12.9. The summed E-state index contributed by atoms with van der Waals surface area (Å²) in [6, 6.07) is 15.3. The molecule has 3 rings (SSSR count). The van der Waals surface area contributed by atoms with E-state index in [1.54, 1.807) is 0 Å². The Morgan fingerprint density at radius 2 is 1.82 bits per heavy atom. The van der Waals surface area contributed by atoms with Crippen molar-refractivity contribution in [2.24, 2.45) is 0 Å². The lowest BCUT2D eigenvalue weighted by atomic mass is 10.0. The number of halogens is 1. The fourth-order valence-corrected chi connectivity index (χ4v) is 2.65. The van der Waals surface area contributed by atoms with Crippen molar-refractivity contribution in [1.29, 1.82) is 0 Å². The lowest BCUT2D eigenvalue weighted by Crippen LogP contribution is -2.11. The highest BCUT2D eigenvalue weighted by atomic mass is 35.5. The van der Waals surface area contributed by atoms with Crippen LogP contribution in [0.5, 0.6) is 5.75 Å². The topological polar surface area (TPSA) is 35.5 Å². The second-order valence-electron chi connectivity index (χ2n) is 4.96. The zero-order chi connectivity index (χ0) is 15.5. The molecule has 0 fully saturated rings. The van der Waals surface area contributed by atoms with Crippen LogP contribution in [-0.4, -0.2) is 12.8 Å². The molecule has 4 heteroatoms. The first kappa shape index (κ1) is 14.7. The van der Waals surface area contributed by atoms with E-state index in [4.69, 9.17) is 21.1 Å². The molecule has 22 heavy (non-hydrogen) atoms. The Labute approximate surface area is 133 Å². The first-order chi connectivity index (χ1) is 10.7. The largest absolute Gasteiger partial charge is 0.513 e.